The zero-order valence-electron chi connectivity index (χ0n) is 17.0. The predicted octanol–water partition coefficient (Wildman–Crippen LogP) is 2.52. The highest BCUT2D eigenvalue weighted by molar-refractivity contribution is 6.30. The molecule has 10 heteroatoms. The molecular weight excluding hydrogens is 418 g/mol. The van der Waals surface area contributed by atoms with Gasteiger partial charge in [-0.1, -0.05) is 11.6 Å². The molecule has 0 radical (unpaired) electrons. The highest BCUT2D eigenvalue weighted by Gasteiger charge is 2.08. The molecule has 3 aromatic rings. The second kappa shape index (κ2) is 11.0. The van der Waals surface area contributed by atoms with Gasteiger partial charge < -0.3 is 26.3 Å². The molecule has 0 saturated heterocycles. The number of anilines is 2. The van der Waals surface area contributed by atoms with Crippen molar-refractivity contribution >= 4 is 35.1 Å². The van der Waals surface area contributed by atoms with Crippen molar-refractivity contribution in [3.05, 3.63) is 59.4 Å². The summed E-state index contributed by atoms with van der Waals surface area (Å²) in [6.45, 7) is 3.36. The fourth-order valence-corrected chi connectivity index (χ4v) is 2.84. The van der Waals surface area contributed by atoms with Crippen molar-refractivity contribution in [3.63, 3.8) is 0 Å². The van der Waals surface area contributed by atoms with Gasteiger partial charge in [-0.3, -0.25) is 9.59 Å². The summed E-state index contributed by atoms with van der Waals surface area (Å²) in [5, 5.41) is 12.6. The first-order valence-corrected chi connectivity index (χ1v) is 10.2. The van der Waals surface area contributed by atoms with Crippen LogP contribution in [0.5, 0.6) is 0 Å². The maximum Gasteiger partial charge on any atom is 0.267 e. The van der Waals surface area contributed by atoms with Crippen LogP contribution < -0.4 is 21.3 Å². The van der Waals surface area contributed by atoms with E-state index in [1.165, 1.54) is 6.92 Å². The van der Waals surface area contributed by atoms with Gasteiger partial charge in [-0.25, -0.2) is 9.97 Å². The standard InChI is InChI=1S/C21H24ClN7O2/c1-14(30)23-9-10-25-18-13-19(26-11-12-27-21(31)17-3-2-8-24-17)29-20(28-18)15-4-6-16(22)7-5-15/h2-8,13,24H,9-12H2,1H3,(H,23,30)(H,27,31)(H2,25,26,28,29). The molecule has 9 nitrogen and oxygen atoms in total. The Bertz CT molecular complexity index is 1010. The number of benzene rings is 1. The molecule has 0 atom stereocenters. The summed E-state index contributed by atoms with van der Waals surface area (Å²) in [5.41, 5.74) is 1.33. The van der Waals surface area contributed by atoms with Gasteiger partial charge in [0.25, 0.3) is 5.91 Å². The van der Waals surface area contributed by atoms with Crippen molar-refractivity contribution in [1.82, 2.24) is 25.6 Å². The number of hydrogen-bond acceptors (Lipinski definition) is 6. The summed E-state index contributed by atoms with van der Waals surface area (Å²) >= 11 is 5.98. The fourth-order valence-electron chi connectivity index (χ4n) is 2.72. The Kier molecular flexibility index (Phi) is 7.83. The fraction of sp³-hybridized carbons (Fsp3) is 0.238. The molecule has 0 unspecified atom stereocenters. The molecule has 162 valence electrons. The van der Waals surface area contributed by atoms with Crippen LogP contribution >= 0.6 is 11.6 Å². The first-order valence-electron chi connectivity index (χ1n) is 9.80. The van der Waals surface area contributed by atoms with E-state index in [9.17, 15) is 9.59 Å². The normalized spacial score (nSPS) is 10.4. The maximum atomic E-state index is 12.0. The largest absolute Gasteiger partial charge is 0.368 e. The highest BCUT2D eigenvalue weighted by Crippen LogP contribution is 2.22. The molecule has 5 N–H and O–H groups in total. The van der Waals surface area contributed by atoms with Crippen LogP contribution in [0, 0.1) is 0 Å². The zero-order chi connectivity index (χ0) is 22.1. The minimum atomic E-state index is -0.170. The number of nitrogens with zero attached hydrogens (tertiary/aromatic N) is 2. The maximum absolute atomic E-state index is 12.0. The van der Waals surface area contributed by atoms with E-state index in [4.69, 9.17) is 11.6 Å². The Morgan fingerprint density at radius 1 is 0.935 bits per heavy atom. The van der Waals surface area contributed by atoms with Gasteiger partial charge in [0.15, 0.2) is 5.82 Å². The van der Waals surface area contributed by atoms with Crippen LogP contribution in [0.4, 0.5) is 11.6 Å². The number of nitrogens with one attached hydrogen (secondary N) is 5. The number of H-pyrrole nitrogens is 1. The minimum Gasteiger partial charge on any atom is -0.368 e. The lowest BCUT2D eigenvalue weighted by molar-refractivity contribution is -0.118. The molecule has 0 aliphatic heterocycles. The lowest BCUT2D eigenvalue weighted by atomic mass is 10.2. The molecule has 31 heavy (non-hydrogen) atoms. The number of carbonyl (C=O) groups excluding carboxylic acids is 2. The Balaban J connectivity index is 1.64. The molecule has 2 amide bonds. The van der Waals surface area contributed by atoms with Gasteiger partial charge in [0.05, 0.1) is 0 Å². The van der Waals surface area contributed by atoms with Crippen molar-refractivity contribution in [2.75, 3.05) is 36.8 Å². The van der Waals surface area contributed by atoms with Crippen molar-refractivity contribution in [2.45, 2.75) is 6.92 Å². The average molecular weight is 442 g/mol. The quantitative estimate of drug-likeness (QED) is 0.308. The molecule has 1 aromatic carbocycles. The monoisotopic (exact) mass is 441 g/mol. The molecule has 3 rings (SSSR count). The van der Waals surface area contributed by atoms with E-state index in [1.807, 2.05) is 12.1 Å². The van der Waals surface area contributed by atoms with Crippen LogP contribution in [-0.4, -0.2) is 52.9 Å². The number of amides is 2. The zero-order valence-corrected chi connectivity index (χ0v) is 17.8. The van der Waals surface area contributed by atoms with E-state index in [2.05, 4.69) is 36.2 Å². The van der Waals surface area contributed by atoms with Gasteiger partial charge in [0.1, 0.15) is 17.3 Å². The summed E-state index contributed by atoms with van der Waals surface area (Å²) in [5.74, 6) is 1.49. The molecule has 0 spiro atoms. The Morgan fingerprint density at radius 3 is 2.16 bits per heavy atom. The van der Waals surface area contributed by atoms with E-state index in [1.54, 1.807) is 36.5 Å². The summed E-state index contributed by atoms with van der Waals surface area (Å²) in [6, 6.07) is 12.5. The van der Waals surface area contributed by atoms with Gasteiger partial charge in [-0.2, -0.15) is 0 Å². The van der Waals surface area contributed by atoms with Crippen LogP contribution in [0.3, 0.4) is 0 Å². The van der Waals surface area contributed by atoms with E-state index >= 15 is 0 Å². The molecule has 0 bridgehead atoms. The summed E-state index contributed by atoms with van der Waals surface area (Å²) in [7, 11) is 0. The third-order valence-corrected chi connectivity index (χ3v) is 4.44. The van der Waals surface area contributed by atoms with Gasteiger partial charge in [0, 0.05) is 56.0 Å². The SMILES string of the molecule is CC(=O)NCCNc1cc(NCCNC(=O)c2ccc[nH]2)nc(-c2ccc(Cl)cc2)n1. The van der Waals surface area contributed by atoms with E-state index in [0.717, 1.165) is 5.56 Å². The summed E-state index contributed by atoms with van der Waals surface area (Å²) in [4.78, 5) is 35.0. The first-order chi connectivity index (χ1) is 15.0. The number of carbonyl (C=O) groups is 2. The molecular formula is C21H24ClN7O2. The molecule has 2 heterocycles. The van der Waals surface area contributed by atoms with Crippen molar-refractivity contribution in [2.24, 2.45) is 0 Å². The van der Waals surface area contributed by atoms with Crippen LogP contribution in [0.15, 0.2) is 48.7 Å². The van der Waals surface area contributed by atoms with Crippen molar-refractivity contribution in [1.29, 1.82) is 0 Å². The molecule has 2 aromatic heterocycles. The molecule has 0 aliphatic carbocycles. The summed E-state index contributed by atoms with van der Waals surface area (Å²) < 4.78 is 0. The first kappa shape index (κ1) is 22.1. The van der Waals surface area contributed by atoms with E-state index in [0.29, 0.717) is 54.4 Å². The van der Waals surface area contributed by atoms with E-state index in [-0.39, 0.29) is 11.8 Å². The highest BCUT2D eigenvalue weighted by atomic mass is 35.5. The van der Waals surface area contributed by atoms with Gasteiger partial charge in [-0.15, -0.1) is 0 Å². The van der Waals surface area contributed by atoms with Crippen LogP contribution in [0.2, 0.25) is 5.02 Å². The predicted molar refractivity (Wildman–Crippen MR) is 121 cm³/mol. The van der Waals surface area contributed by atoms with Crippen molar-refractivity contribution < 1.29 is 9.59 Å². The smallest absolute Gasteiger partial charge is 0.267 e. The third kappa shape index (κ3) is 7.00. The second-order valence-corrected chi connectivity index (χ2v) is 7.08. The minimum absolute atomic E-state index is 0.0879. The van der Waals surface area contributed by atoms with Gasteiger partial charge in [0.2, 0.25) is 5.91 Å². The average Bonchev–Trinajstić information content (AvgIpc) is 3.29. The molecule has 0 fully saturated rings. The number of rotatable bonds is 10. The number of aromatic amines is 1. The Morgan fingerprint density at radius 2 is 1.58 bits per heavy atom. The van der Waals surface area contributed by atoms with Crippen LogP contribution in [-0.2, 0) is 4.79 Å². The van der Waals surface area contributed by atoms with Crippen LogP contribution in [0.25, 0.3) is 11.4 Å². The molecule has 0 saturated carbocycles. The second-order valence-electron chi connectivity index (χ2n) is 6.65. The van der Waals surface area contributed by atoms with E-state index < -0.39 is 0 Å². The molecule has 0 aliphatic rings. The lowest BCUT2D eigenvalue weighted by Gasteiger charge is -2.12. The van der Waals surface area contributed by atoms with Gasteiger partial charge in [-0.05, 0) is 36.4 Å². The number of aromatic nitrogens is 3. The topological polar surface area (TPSA) is 124 Å². The van der Waals surface area contributed by atoms with Crippen molar-refractivity contribution in [3.8, 4) is 11.4 Å². The lowest BCUT2D eigenvalue weighted by Crippen LogP contribution is -2.29. The van der Waals surface area contributed by atoms with Crippen LogP contribution in [0.1, 0.15) is 17.4 Å². The Labute approximate surface area is 185 Å². The third-order valence-electron chi connectivity index (χ3n) is 4.19. The number of halogens is 1. The summed E-state index contributed by atoms with van der Waals surface area (Å²) in [6.07, 6.45) is 1.70. The van der Waals surface area contributed by atoms with Gasteiger partial charge >= 0.3 is 0 Å². The Hall–Kier alpha value is -3.59. The number of hydrogen-bond donors (Lipinski definition) is 5.